The molecule has 10 nitrogen and oxygen atoms in total. The standard InChI is InChI=1S/C20H25N9O/c21-9-15-10-24-18(11-23-15)27-17-8-16(25-14-6-12(22)7-14)19(29-28-17)20(30)26-13-4-2-1-3-5-13/h8,10-14H,1-7,22H2,(H,26,30)(H2,24,25,27,28). The van der Waals surface area contributed by atoms with Gasteiger partial charge in [0.05, 0.1) is 18.1 Å². The lowest BCUT2D eigenvalue weighted by Crippen LogP contribution is -2.45. The lowest BCUT2D eigenvalue weighted by atomic mass is 9.87. The van der Waals surface area contributed by atoms with E-state index in [0.29, 0.717) is 17.3 Å². The quantitative estimate of drug-likeness (QED) is 0.561. The second-order valence-electron chi connectivity index (χ2n) is 7.90. The second-order valence-corrected chi connectivity index (χ2v) is 7.90. The predicted molar refractivity (Wildman–Crippen MR) is 111 cm³/mol. The summed E-state index contributed by atoms with van der Waals surface area (Å²) < 4.78 is 0. The normalized spacial score (nSPS) is 21.2. The van der Waals surface area contributed by atoms with Crippen LogP contribution in [0.4, 0.5) is 17.3 Å². The molecule has 156 valence electrons. The van der Waals surface area contributed by atoms with Crippen molar-refractivity contribution in [1.82, 2.24) is 25.5 Å². The first-order chi connectivity index (χ1) is 14.6. The zero-order valence-corrected chi connectivity index (χ0v) is 16.6. The van der Waals surface area contributed by atoms with Crippen LogP contribution in [0.15, 0.2) is 18.5 Å². The van der Waals surface area contributed by atoms with Gasteiger partial charge in [0.1, 0.15) is 11.9 Å². The molecule has 2 saturated carbocycles. The highest BCUT2D eigenvalue weighted by molar-refractivity contribution is 5.98. The van der Waals surface area contributed by atoms with Gasteiger partial charge in [-0.2, -0.15) is 5.26 Å². The molecule has 2 fully saturated rings. The molecule has 0 saturated heterocycles. The van der Waals surface area contributed by atoms with Crippen molar-refractivity contribution in [2.24, 2.45) is 5.73 Å². The summed E-state index contributed by atoms with van der Waals surface area (Å²) in [7, 11) is 0. The van der Waals surface area contributed by atoms with Gasteiger partial charge in [-0.15, -0.1) is 10.2 Å². The molecule has 2 aliphatic rings. The van der Waals surface area contributed by atoms with Crippen molar-refractivity contribution in [3.8, 4) is 6.07 Å². The van der Waals surface area contributed by atoms with E-state index in [1.165, 1.54) is 18.8 Å². The van der Waals surface area contributed by atoms with Gasteiger partial charge in [0.2, 0.25) is 0 Å². The van der Waals surface area contributed by atoms with Crippen molar-refractivity contribution < 1.29 is 4.79 Å². The monoisotopic (exact) mass is 407 g/mol. The van der Waals surface area contributed by atoms with Crippen LogP contribution in [0.25, 0.3) is 0 Å². The summed E-state index contributed by atoms with van der Waals surface area (Å²) in [6.45, 7) is 0. The van der Waals surface area contributed by atoms with Gasteiger partial charge in [-0.05, 0) is 25.7 Å². The Morgan fingerprint density at radius 1 is 1.07 bits per heavy atom. The third-order valence-corrected chi connectivity index (χ3v) is 5.51. The lowest BCUT2D eigenvalue weighted by Gasteiger charge is -2.34. The Morgan fingerprint density at radius 3 is 2.53 bits per heavy atom. The molecule has 0 aliphatic heterocycles. The van der Waals surface area contributed by atoms with Gasteiger partial charge in [-0.1, -0.05) is 19.3 Å². The number of aromatic nitrogens is 4. The first-order valence-electron chi connectivity index (χ1n) is 10.3. The van der Waals surface area contributed by atoms with Gasteiger partial charge in [0.15, 0.2) is 17.2 Å². The molecular weight excluding hydrogens is 382 g/mol. The van der Waals surface area contributed by atoms with Crippen molar-refractivity contribution in [1.29, 1.82) is 5.26 Å². The molecule has 2 aromatic rings. The number of hydrogen-bond acceptors (Lipinski definition) is 9. The zero-order chi connectivity index (χ0) is 20.9. The summed E-state index contributed by atoms with van der Waals surface area (Å²) in [6, 6.07) is 4.24. The first-order valence-corrected chi connectivity index (χ1v) is 10.3. The van der Waals surface area contributed by atoms with E-state index in [1.807, 2.05) is 6.07 Å². The Balaban J connectivity index is 1.52. The largest absolute Gasteiger partial charge is 0.380 e. The number of nitrogens with zero attached hydrogens (tertiary/aromatic N) is 5. The number of nitriles is 1. The molecule has 5 N–H and O–H groups in total. The van der Waals surface area contributed by atoms with Gasteiger partial charge >= 0.3 is 0 Å². The van der Waals surface area contributed by atoms with Crippen LogP contribution in [-0.2, 0) is 0 Å². The van der Waals surface area contributed by atoms with Crippen LogP contribution in [-0.4, -0.2) is 44.2 Å². The molecule has 2 aromatic heterocycles. The van der Waals surface area contributed by atoms with Crippen LogP contribution >= 0.6 is 0 Å². The Kier molecular flexibility index (Phi) is 5.99. The highest BCUT2D eigenvalue weighted by Crippen LogP contribution is 2.26. The molecule has 4 rings (SSSR count). The number of carbonyl (C=O) groups is 1. The minimum Gasteiger partial charge on any atom is -0.380 e. The number of carbonyl (C=O) groups excluding carboxylic acids is 1. The van der Waals surface area contributed by atoms with Crippen LogP contribution in [0.3, 0.4) is 0 Å². The lowest BCUT2D eigenvalue weighted by molar-refractivity contribution is 0.0922. The highest BCUT2D eigenvalue weighted by atomic mass is 16.2. The van der Waals surface area contributed by atoms with Crippen LogP contribution in [0.5, 0.6) is 0 Å². The van der Waals surface area contributed by atoms with E-state index < -0.39 is 0 Å². The number of amides is 1. The van der Waals surface area contributed by atoms with Crippen molar-refractivity contribution >= 4 is 23.2 Å². The Morgan fingerprint density at radius 2 is 1.87 bits per heavy atom. The SMILES string of the molecule is N#Cc1cnc(Nc2cc(NC3CC(N)C3)c(C(=O)NC3CCCCC3)nn2)cn1. The topological polar surface area (TPSA) is 155 Å². The molecule has 1 amide bonds. The second kappa shape index (κ2) is 9.00. The molecule has 0 aromatic carbocycles. The van der Waals surface area contributed by atoms with E-state index in [4.69, 9.17) is 11.0 Å². The molecule has 2 aliphatic carbocycles. The molecule has 0 spiro atoms. The summed E-state index contributed by atoms with van der Waals surface area (Å²) in [5, 5.41) is 26.6. The predicted octanol–water partition coefficient (Wildman–Crippen LogP) is 1.85. The van der Waals surface area contributed by atoms with Gasteiger partial charge < -0.3 is 21.7 Å². The molecule has 2 heterocycles. The Bertz CT molecular complexity index is 928. The third-order valence-electron chi connectivity index (χ3n) is 5.51. The molecule has 0 atom stereocenters. The summed E-state index contributed by atoms with van der Waals surface area (Å²) in [6.07, 6.45) is 9.99. The van der Waals surface area contributed by atoms with E-state index >= 15 is 0 Å². The van der Waals surface area contributed by atoms with Gasteiger partial charge in [0.25, 0.3) is 5.91 Å². The van der Waals surface area contributed by atoms with Crippen LogP contribution < -0.4 is 21.7 Å². The Labute approximate surface area is 174 Å². The fraction of sp³-hybridized carbons (Fsp3) is 0.500. The molecule has 10 heteroatoms. The van der Waals surface area contributed by atoms with Crippen molar-refractivity contribution in [3.05, 3.63) is 29.8 Å². The maximum Gasteiger partial charge on any atom is 0.274 e. The number of anilines is 3. The highest BCUT2D eigenvalue weighted by Gasteiger charge is 2.28. The number of hydrogen-bond donors (Lipinski definition) is 4. The molecule has 30 heavy (non-hydrogen) atoms. The third kappa shape index (κ3) is 4.80. The summed E-state index contributed by atoms with van der Waals surface area (Å²) in [4.78, 5) is 21.0. The van der Waals surface area contributed by atoms with E-state index in [2.05, 4.69) is 36.1 Å². The van der Waals surface area contributed by atoms with E-state index in [9.17, 15) is 4.79 Å². The van der Waals surface area contributed by atoms with E-state index in [-0.39, 0.29) is 35.4 Å². The van der Waals surface area contributed by atoms with E-state index in [0.717, 1.165) is 38.5 Å². The van der Waals surface area contributed by atoms with E-state index in [1.54, 1.807) is 6.07 Å². The number of nitrogens with one attached hydrogen (secondary N) is 3. The average molecular weight is 407 g/mol. The molecular formula is C20H25N9O. The first kappa shape index (κ1) is 20.0. The molecule has 0 bridgehead atoms. The van der Waals surface area contributed by atoms with Crippen molar-refractivity contribution in [2.75, 3.05) is 10.6 Å². The number of rotatable bonds is 6. The van der Waals surface area contributed by atoms with Crippen molar-refractivity contribution in [3.63, 3.8) is 0 Å². The van der Waals surface area contributed by atoms with Gasteiger partial charge in [-0.25, -0.2) is 9.97 Å². The van der Waals surface area contributed by atoms with Gasteiger partial charge in [-0.3, -0.25) is 4.79 Å². The minimum absolute atomic E-state index is 0.184. The van der Waals surface area contributed by atoms with Crippen molar-refractivity contribution in [2.45, 2.75) is 63.1 Å². The fourth-order valence-electron chi connectivity index (χ4n) is 3.81. The smallest absolute Gasteiger partial charge is 0.274 e. The summed E-state index contributed by atoms with van der Waals surface area (Å²) in [5.74, 6) is 0.638. The minimum atomic E-state index is -0.217. The summed E-state index contributed by atoms with van der Waals surface area (Å²) >= 11 is 0. The van der Waals surface area contributed by atoms with Gasteiger partial charge in [0, 0.05) is 24.2 Å². The fourth-order valence-corrected chi connectivity index (χ4v) is 3.81. The maximum absolute atomic E-state index is 12.9. The average Bonchev–Trinajstić information content (AvgIpc) is 2.74. The van der Waals surface area contributed by atoms with Crippen LogP contribution in [0, 0.1) is 11.3 Å². The van der Waals surface area contributed by atoms with Crippen LogP contribution in [0.2, 0.25) is 0 Å². The Hall–Kier alpha value is -3.32. The molecule has 0 radical (unpaired) electrons. The van der Waals surface area contributed by atoms with Crippen LogP contribution in [0.1, 0.15) is 61.1 Å². The summed E-state index contributed by atoms with van der Waals surface area (Å²) in [5.41, 5.74) is 7.01. The zero-order valence-electron chi connectivity index (χ0n) is 16.6. The maximum atomic E-state index is 12.9. The molecule has 0 unspecified atom stereocenters. The number of nitrogens with two attached hydrogens (primary N) is 1.